The lowest BCUT2D eigenvalue weighted by molar-refractivity contribution is 0.0195. The predicted octanol–water partition coefficient (Wildman–Crippen LogP) is 2.28. The molecule has 122 valence electrons. The molecule has 0 bridgehead atoms. The van der Waals surface area contributed by atoms with E-state index in [2.05, 4.69) is 10.3 Å². The van der Waals surface area contributed by atoms with Crippen LogP contribution in [0.5, 0.6) is 5.88 Å². The number of nitrogens with zero attached hydrogens (tertiary/aromatic N) is 2. The Labute approximate surface area is 131 Å². The molecule has 1 atom stereocenters. The summed E-state index contributed by atoms with van der Waals surface area (Å²) in [6.07, 6.45) is 1.53. The lowest BCUT2D eigenvalue weighted by atomic mass is 10.1. The molecular formula is C16H25N3O3. The summed E-state index contributed by atoms with van der Waals surface area (Å²) in [6.45, 7) is 9.54. The van der Waals surface area contributed by atoms with Crippen LogP contribution in [0.1, 0.15) is 37.9 Å². The molecule has 0 saturated carbocycles. The van der Waals surface area contributed by atoms with E-state index in [-0.39, 0.29) is 12.1 Å². The lowest BCUT2D eigenvalue weighted by Crippen LogP contribution is -2.49. The number of aryl methyl sites for hydroxylation is 1. The third-order valence-electron chi connectivity index (χ3n) is 3.47. The summed E-state index contributed by atoms with van der Waals surface area (Å²) in [7, 11) is 1.61. The van der Waals surface area contributed by atoms with Crippen molar-refractivity contribution >= 4 is 6.09 Å². The van der Waals surface area contributed by atoms with Crippen molar-refractivity contribution in [1.29, 1.82) is 0 Å². The number of methoxy groups -OCH3 is 1. The number of carbonyl (C=O) groups is 1. The molecule has 1 aromatic rings. The molecule has 0 radical (unpaired) electrons. The highest BCUT2D eigenvalue weighted by Crippen LogP contribution is 2.22. The summed E-state index contributed by atoms with van der Waals surface area (Å²) in [5, 5.41) is 3.42. The number of nitrogens with one attached hydrogen (secondary N) is 1. The average molecular weight is 307 g/mol. The number of carbonyl (C=O) groups excluding carboxylic acids is 1. The van der Waals surface area contributed by atoms with E-state index >= 15 is 0 Å². The number of ether oxygens (including phenoxy) is 2. The van der Waals surface area contributed by atoms with Gasteiger partial charge in [0.1, 0.15) is 5.60 Å². The van der Waals surface area contributed by atoms with E-state index in [0.29, 0.717) is 19.0 Å². The van der Waals surface area contributed by atoms with E-state index in [1.54, 1.807) is 18.2 Å². The van der Waals surface area contributed by atoms with Gasteiger partial charge < -0.3 is 19.7 Å². The summed E-state index contributed by atoms with van der Waals surface area (Å²) >= 11 is 0. The number of hydrogen-bond donors (Lipinski definition) is 1. The summed E-state index contributed by atoms with van der Waals surface area (Å²) in [5.41, 5.74) is 1.55. The highest BCUT2D eigenvalue weighted by molar-refractivity contribution is 5.68. The van der Waals surface area contributed by atoms with Crippen LogP contribution < -0.4 is 10.1 Å². The normalized spacial score (nSPS) is 19.0. The third-order valence-corrected chi connectivity index (χ3v) is 3.47. The van der Waals surface area contributed by atoms with Crippen LogP contribution in [0.15, 0.2) is 12.3 Å². The van der Waals surface area contributed by atoms with Crippen molar-refractivity contribution < 1.29 is 14.3 Å². The first kappa shape index (κ1) is 16.5. The standard InChI is InChI=1S/C16H25N3O3/c1-11-8-12(9-18-14(11)21-5)13-10-19(7-6-17-13)15(20)22-16(2,3)4/h8-9,13,17H,6-7,10H2,1-5H3. The van der Waals surface area contributed by atoms with Crippen LogP contribution in [0.2, 0.25) is 0 Å². The molecule has 1 unspecified atom stereocenters. The summed E-state index contributed by atoms with van der Waals surface area (Å²) in [5.74, 6) is 0.628. The van der Waals surface area contributed by atoms with E-state index in [4.69, 9.17) is 9.47 Å². The van der Waals surface area contributed by atoms with Gasteiger partial charge in [0, 0.05) is 31.4 Å². The molecule has 2 rings (SSSR count). The first-order valence-corrected chi connectivity index (χ1v) is 7.52. The molecule has 0 aromatic carbocycles. The maximum absolute atomic E-state index is 12.2. The van der Waals surface area contributed by atoms with Gasteiger partial charge in [-0.25, -0.2) is 9.78 Å². The smallest absolute Gasteiger partial charge is 0.410 e. The van der Waals surface area contributed by atoms with Crippen LogP contribution in [0.3, 0.4) is 0 Å². The third kappa shape index (κ3) is 4.10. The maximum atomic E-state index is 12.2. The fraction of sp³-hybridized carbons (Fsp3) is 0.625. The Bertz CT molecular complexity index is 540. The fourth-order valence-corrected chi connectivity index (χ4v) is 2.45. The van der Waals surface area contributed by atoms with Crippen LogP contribution in [0.4, 0.5) is 4.79 Å². The summed E-state index contributed by atoms with van der Waals surface area (Å²) < 4.78 is 10.6. The molecule has 0 spiro atoms. The summed E-state index contributed by atoms with van der Waals surface area (Å²) in [6, 6.07) is 2.10. The van der Waals surface area contributed by atoms with Gasteiger partial charge in [0.15, 0.2) is 0 Å². The summed E-state index contributed by atoms with van der Waals surface area (Å²) in [4.78, 5) is 18.2. The minimum Gasteiger partial charge on any atom is -0.481 e. The molecule has 2 heterocycles. The SMILES string of the molecule is COc1ncc(C2CN(C(=O)OC(C)(C)C)CCN2)cc1C. The largest absolute Gasteiger partial charge is 0.481 e. The molecule has 1 amide bonds. The minimum atomic E-state index is -0.476. The van der Waals surface area contributed by atoms with Gasteiger partial charge in [-0.05, 0) is 39.3 Å². The highest BCUT2D eigenvalue weighted by atomic mass is 16.6. The second-order valence-corrected chi connectivity index (χ2v) is 6.53. The van der Waals surface area contributed by atoms with Crippen LogP contribution in [-0.2, 0) is 4.74 Å². The molecule has 1 fully saturated rings. The molecule has 1 N–H and O–H groups in total. The second kappa shape index (κ2) is 6.52. The van der Waals surface area contributed by atoms with Gasteiger partial charge >= 0.3 is 6.09 Å². The van der Waals surface area contributed by atoms with Gasteiger partial charge in [-0.1, -0.05) is 0 Å². The molecule has 1 aliphatic rings. The van der Waals surface area contributed by atoms with Crippen molar-refractivity contribution in [3.05, 3.63) is 23.4 Å². The van der Waals surface area contributed by atoms with Crippen molar-refractivity contribution in [1.82, 2.24) is 15.2 Å². The Hall–Kier alpha value is -1.82. The van der Waals surface area contributed by atoms with Crippen molar-refractivity contribution in [2.75, 3.05) is 26.7 Å². The molecule has 22 heavy (non-hydrogen) atoms. The first-order valence-electron chi connectivity index (χ1n) is 7.52. The molecule has 1 saturated heterocycles. The molecule has 1 aliphatic heterocycles. The average Bonchev–Trinajstić information content (AvgIpc) is 2.45. The Morgan fingerprint density at radius 2 is 2.18 bits per heavy atom. The highest BCUT2D eigenvalue weighted by Gasteiger charge is 2.28. The Kier molecular flexibility index (Phi) is 4.90. The van der Waals surface area contributed by atoms with Gasteiger partial charge in [0.2, 0.25) is 5.88 Å². The molecule has 1 aromatic heterocycles. The Morgan fingerprint density at radius 3 is 2.77 bits per heavy atom. The number of rotatable bonds is 2. The molecule has 6 heteroatoms. The van der Waals surface area contributed by atoms with Crippen molar-refractivity contribution in [2.45, 2.75) is 39.3 Å². The van der Waals surface area contributed by atoms with Crippen molar-refractivity contribution in [3.8, 4) is 5.88 Å². The Balaban J connectivity index is 2.07. The first-order chi connectivity index (χ1) is 10.3. The van der Waals surface area contributed by atoms with E-state index in [9.17, 15) is 4.79 Å². The predicted molar refractivity (Wildman–Crippen MR) is 84.1 cm³/mol. The second-order valence-electron chi connectivity index (χ2n) is 6.53. The van der Waals surface area contributed by atoms with Crippen molar-refractivity contribution in [2.24, 2.45) is 0 Å². The number of pyridine rings is 1. The number of piperazine rings is 1. The molecule has 0 aliphatic carbocycles. The van der Waals surface area contributed by atoms with E-state index < -0.39 is 5.60 Å². The minimum absolute atomic E-state index is 0.0541. The zero-order valence-electron chi connectivity index (χ0n) is 14.0. The van der Waals surface area contributed by atoms with E-state index in [1.807, 2.05) is 33.8 Å². The zero-order chi connectivity index (χ0) is 16.3. The van der Waals surface area contributed by atoms with E-state index in [1.165, 1.54) is 0 Å². The monoisotopic (exact) mass is 307 g/mol. The fourth-order valence-electron chi connectivity index (χ4n) is 2.45. The van der Waals surface area contributed by atoms with Crippen molar-refractivity contribution in [3.63, 3.8) is 0 Å². The maximum Gasteiger partial charge on any atom is 0.410 e. The van der Waals surface area contributed by atoms with Gasteiger partial charge in [0.25, 0.3) is 0 Å². The van der Waals surface area contributed by atoms with Crippen LogP contribution in [-0.4, -0.2) is 48.3 Å². The molecule has 6 nitrogen and oxygen atoms in total. The number of hydrogen-bond acceptors (Lipinski definition) is 5. The zero-order valence-corrected chi connectivity index (χ0v) is 14.0. The van der Waals surface area contributed by atoms with Crippen LogP contribution >= 0.6 is 0 Å². The van der Waals surface area contributed by atoms with Crippen LogP contribution in [0.25, 0.3) is 0 Å². The van der Waals surface area contributed by atoms with Gasteiger partial charge in [0.05, 0.1) is 13.2 Å². The lowest BCUT2D eigenvalue weighted by Gasteiger charge is -2.35. The topological polar surface area (TPSA) is 63.7 Å². The van der Waals surface area contributed by atoms with E-state index in [0.717, 1.165) is 17.7 Å². The number of aromatic nitrogens is 1. The molecular weight excluding hydrogens is 282 g/mol. The number of amides is 1. The Morgan fingerprint density at radius 1 is 1.45 bits per heavy atom. The quantitative estimate of drug-likeness (QED) is 0.908. The van der Waals surface area contributed by atoms with Gasteiger partial charge in [-0.2, -0.15) is 0 Å². The van der Waals surface area contributed by atoms with Crippen LogP contribution in [0, 0.1) is 6.92 Å². The van der Waals surface area contributed by atoms with Gasteiger partial charge in [-0.3, -0.25) is 0 Å². The van der Waals surface area contributed by atoms with Gasteiger partial charge in [-0.15, -0.1) is 0 Å².